The molecule has 1 nitrogen and oxygen atoms in total. The number of aryl methyl sites for hydroxylation is 1. The predicted octanol–water partition coefficient (Wildman–Crippen LogP) is 3.31. The summed E-state index contributed by atoms with van der Waals surface area (Å²) in [6, 6.07) is 4.79. The number of hydrogen-bond donors (Lipinski definition) is 1. The first-order chi connectivity index (χ1) is 7.15. The Kier molecular flexibility index (Phi) is 5.12. The van der Waals surface area contributed by atoms with E-state index in [1.165, 1.54) is 6.07 Å². The van der Waals surface area contributed by atoms with Crippen LogP contribution in [-0.2, 0) is 0 Å². The molecule has 0 heterocycles. The molecule has 0 spiro atoms. The van der Waals surface area contributed by atoms with Crippen LogP contribution in [0.25, 0.3) is 0 Å². The van der Waals surface area contributed by atoms with Gasteiger partial charge < -0.3 is 5.11 Å². The highest BCUT2D eigenvalue weighted by Crippen LogP contribution is 2.21. The number of aliphatic hydroxyl groups excluding tert-OH is 1. The Morgan fingerprint density at radius 1 is 1.47 bits per heavy atom. The van der Waals surface area contributed by atoms with Gasteiger partial charge in [-0.1, -0.05) is 19.1 Å². The van der Waals surface area contributed by atoms with Gasteiger partial charge >= 0.3 is 0 Å². The number of halogens is 1. The molecule has 0 bridgehead atoms. The standard InChI is InChI=1S/C12H17FOS/c1-3-15-7-6-12(14)10-4-5-11(13)9(2)8-10/h4-5,8,12,14H,3,6-7H2,1-2H3. The van der Waals surface area contributed by atoms with Crippen molar-refractivity contribution in [2.75, 3.05) is 11.5 Å². The molecule has 15 heavy (non-hydrogen) atoms. The zero-order chi connectivity index (χ0) is 11.3. The van der Waals surface area contributed by atoms with E-state index in [-0.39, 0.29) is 5.82 Å². The van der Waals surface area contributed by atoms with Crippen LogP contribution in [0.15, 0.2) is 18.2 Å². The zero-order valence-electron chi connectivity index (χ0n) is 9.16. The maximum atomic E-state index is 13.0. The molecule has 1 N–H and O–H groups in total. The molecule has 0 saturated carbocycles. The minimum atomic E-state index is -0.469. The quantitative estimate of drug-likeness (QED) is 0.780. The van der Waals surface area contributed by atoms with Crippen molar-refractivity contribution in [3.05, 3.63) is 35.1 Å². The van der Waals surface area contributed by atoms with E-state index >= 15 is 0 Å². The smallest absolute Gasteiger partial charge is 0.126 e. The molecular weight excluding hydrogens is 211 g/mol. The van der Waals surface area contributed by atoms with Crippen LogP contribution in [0.5, 0.6) is 0 Å². The molecule has 0 fully saturated rings. The summed E-state index contributed by atoms with van der Waals surface area (Å²) in [5.41, 5.74) is 1.40. The van der Waals surface area contributed by atoms with E-state index in [1.54, 1.807) is 30.8 Å². The second kappa shape index (κ2) is 6.13. The van der Waals surface area contributed by atoms with Crippen molar-refractivity contribution in [3.8, 4) is 0 Å². The van der Waals surface area contributed by atoms with Gasteiger partial charge in [0.2, 0.25) is 0 Å². The summed E-state index contributed by atoms with van der Waals surface area (Å²) in [7, 11) is 0. The second-order valence-corrected chi connectivity index (χ2v) is 4.90. The van der Waals surface area contributed by atoms with Crippen LogP contribution < -0.4 is 0 Å². The van der Waals surface area contributed by atoms with E-state index in [0.29, 0.717) is 5.56 Å². The molecule has 1 aromatic carbocycles. The third-order valence-corrected chi connectivity index (χ3v) is 3.24. The summed E-state index contributed by atoms with van der Waals surface area (Å²) >= 11 is 1.80. The molecule has 1 atom stereocenters. The monoisotopic (exact) mass is 228 g/mol. The van der Waals surface area contributed by atoms with E-state index in [1.807, 2.05) is 0 Å². The summed E-state index contributed by atoms with van der Waals surface area (Å²) < 4.78 is 13.0. The topological polar surface area (TPSA) is 20.2 Å². The van der Waals surface area contributed by atoms with Crippen LogP contribution >= 0.6 is 11.8 Å². The van der Waals surface area contributed by atoms with E-state index in [9.17, 15) is 9.50 Å². The fourth-order valence-electron chi connectivity index (χ4n) is 1.38. The molecule has 84 valence electrons. The number of thioether (sulfide) groups is 1. The third-order valence-electron chi connectivity index (χ3n) is 2.31. The first kappa shape index (κ1) is 12.5. The maximum absolute atomic E-state index is 13.0. The number of aliphatic hydroxyl groups is 1. The van der Waals surface area contributed by atoms with Crippen molar-refractivity contribution in [2.45, 2.75) is 26.4 Å². The van der Waals surface area contributed by atoms with E-state index in [2.05, 4.69) is 6.92 Å². The van der Waals surface area contributed by atoms with Gasteiger partial charge in [0.05, 0.1) is 6.10 Å². The largest absolute Gasteiger partial charge is 0.388 e. The molecule has 0 aromatic heterocycles. The van der Waals surface area contributed by atoms with Crippen LogP contribution in [0.4, 0.5) is 4.39 Å². The third kappa shape index (κ3) is 3.84. The lowest BCUT2D eigenvalue weighted by molar-refractivity contribution is 0.175. The Hall–Kier alpha value is -0.540. The maximum Gasteiger partial charge on any atom is 0.126 e. The predicted molar refractivity (Wildman–Crippen MR) is 63.7 cm³/mol. The normalized spacial score (nSPS) is 12.8. The highest BCUT2D eigenvalue weighted by Gasteiger charge is 2.08. The van der Waals surface area contributed by atoms with Crippen molar-refractivity contribution >= 4 is 11.8 Å². The Morgan fingerprint density at radius 3 is 2.80 bits per heavy atom. The molecular formula is C12H17FOS. The van der Waals surface area contributed by atoms with Crippen molar-refractivity contribution in [1.82, 2.24) is 0 Å². The van der Waals surface area contributed by atoms with Gasteiger partial charge in [-0.15, -0.1) is 0 Å². The number of benzene rings is 1. The van der Waals surface area contributed by atoms with Gasteiger partial charge in [0.1, 0.15) is 5.82 Å². The van der Waals surface area contributed by atoms with Gasteiger partial charge in [-0.3, -0.25) is 0 Å². The zero-order valence-corrected chi connectivity index (χ0v) is 9.98. The number of hydrogen-bond acceptors (Lipinski definition) is 2. The van der Waals surface area contributed by atoms with Crippen molar-refractivity contribution < 1.29 is 9.50 Å². The van der Waals surface area contributed by atoms with E-state index in [4.69, 9.17) is 0 Å². The minimum absolute atomic E-state index is 0.214. The average Bonchev–Trinajstić information content (AvgIpc) is 2.22. The van der Waals surface area contributed by atoms with Gasteiger partial charge in [-0.25, -0.2) is 4.39 Å². The Labute approximate surface area is 94.7 Å². The molecule has 3 heteroatoms. The van der Waals surface area contributed by atoms with Gasteiger partial charge in [0.25, 0.3) is 0 Å². The molecule has 1 rings (SSSR count). The first-order valence-electron chi connectivity index (χ1n) is 5.17. The Bertz CT molecular complexity index is 314. The number of rotatable bonds is 5. The van der Waals surface area contributed by atoms with Gasteiger partial charge in [0, 0.05) is 0 Å². The average molecular weight is 228 g/mol. The molecule has 0 saturated heterocycles. The summed E-state index contributed by atoms with van der Waals surface area (Å²) in [5, 5.41) is 9.83. The van der Waals surface area contributed by atoms with Gasteiger partial charge in [-0.05, 0) is 42.0 Å². The highest BCUT2D eigenvalue weighted by atomic mass is 32.2. The van der Waals surface area contributed by atoms with Crippen LogP contribution in [0, 0.1) is 12.7 Å². The summed E-state index contributed by atoms with van der Waals surface area (Å²) in [6.07, 6.45) is 0.257. The summed E-state index contributed by atoms with van der Waals surface area (Å²) in [6.45, 7) is 3.81. The molecule has 0 radical (unpaired) electrons. The molecule has 0 aliphatic carbocycles. The highest BCUT2D eigenvalue weighted by molar-refractivity contribution is 7.99. The minimum Gasteiger partial charge on any atom is -0.388 e. The lowest BCUT2D eigenvalue weighted by Crippen LogP contribution is -2.00. The fourth-order valence-corrected chi connectivity index (χ4v) is 2.06. The van der Waals surface area contributed by atoms with Crippen molar-refractivity contribution in [1.29, 1.82) is 0 Å². The van der Waals surface area contributed by atoms with Crippen LogP contribution in [0.1, 0.15) is 30.6 Å². The Morgan fingerprint density at radius 2 is 2.20 bits per heavy atom. The molecule has 1 aromatic rings. The second-order valence-electron chi connectivity index (χ2n) is 3.51. The van der Waals surface area contributed by atoms with Crippen LogP contribution in [0.2, 0.25) is 0 Å². The lowest BCUT2D eigenvalue weighted by atomic mass is 10.0. The van der Waals surface area contributed by atoms with Crippen LogP contribution in [0.3, 0.4) is 0 Å². The van der Waals surface area contributed by atoms with Crippen molar-refractivity contribution in [2.24, 2.45) is 0 Å². The summed E-state index contributed by atoms with van der Waals surface area (Å²) in [5.74, 6) is 1.79. The lowest BCUT2D eigenvalue weighted by Gasteiger charge is -2.11. The molecule has 1 unspecified atom stereocenters. The van der Waals surface area contributed by atoms with E-state index < -0.39 is 6.10 Å². The van der Waals surface area contributed by atoms with Crippen LogP contribution in [-0.4, -0.2) is 16.6 Å². The van der Waals surface area contributed by atoms with Gasteiger partial charge in [-0.2, -0.15) is 11.8 Å². The molecule has 0 aliphatic rings. The molecule has 0 amide bonds. The van der Waals surface area contributed by atoms with E-state index in [0.717, 1.165) is 23.5 Å². The van der Waals surface area contributed by atoms with Crippen molar-refractivity contribution in [3.63, 3.8) is 0 Å². The Balaban J connectivity index is 2.57. The SMILES string of the molecule is CCSCCC(O)c1ccc(F)c(C)c1. The summed E-state index contributed by atoms with van der Waals surface area (Å²) in [4.78, 5) is 0. The first-order valence-corrected chi connectivity index (χ1v) is 6.32. The molecule has 0 aliphatic heterocycles. The fraction of sp³-hybridized carbons (Fsp3) is 0.500. The van der Waals surface area contributed by atoms with Gasteiger partial charge in [0.15, 0.2) is 0 Å².